The molecule has 1 heterocycles. The lowest BCUT2D eigenvalue weighted by atomic mass is 9.91. The summed E-state index contributed by atoms with van der Waals surface area (Å²) in [7, 11) is 0. The Hall–Kier alpha value is -0.700. The molecule has 72 valence electrons. The Balaban J connectivity index is 1.98. The molecule has 3 heteroatoms. The summed E-state index contributed by atoms with van der Waals surface area (Å²) in [6, 6.07) is 0.116. The van der Waals surface area contributed by atoms with Crippen LogP contribution >= 0.6 is 0 Å². The van der Waals surface area contributed by atoms with Crippen molar-refractivity contribution in [2.24, 2.45) is 5.92 Å². The number of rotatable bonds is 1. The predicted octanol–water partition coefficient (Wildman–Crippen LogP) is 2.12. The van der Waals surface area contributed by atoms with Gasteiger partial charge in [0.05, 0.1) is 0 Å². The first-order chi connectivity index (χ1) is 6.25. The van der Waals surface area contributed by atoms with Crippen molar-refractivity contribution in [3.63, 3.8) is 0 Å². The average molecular weight is 185 g/mol. The Morgan fingerprint density at radius 3 is 2.92 bits per heavy atom. The zero-order valence-electron chi connectivity index (χ0n) is 7.34. The van der Waals surface area contributed by atoms with Crippen molar-refractivity contribution in [3.05, 3.63) is 24.1 Å². The second kappa shape index (κ2) is 3.58. The molecule has 1 aliphatic carbocycles. The van der Waals surface area contributed by atoms with Crippen molar-refractivity contribution >= 4 is 0 Å². The lowest BCUT2D eigenvalue weighted by Crippen LogP contribution is -2.29. The lowest BCUT2D eigenvalue weighted by molar-refractivity contribution is 0.345. The molecule has 2 rings (SSSR count). The molecular formula is C10H13F2N. The minimum atomic E-state index is -0.757. The molecule has 0 bridgehead atoms. The lowest BCUT2D eigenvalue weighted by Gasteiger charge is -2.20. The Bertz CT molecular complexity index is 247. The number of hydrogen-bond acceptors (Lipinski definition) is 1. The SMILES string of the molecule is FC1=CC([C@H]2C[C@H](F)CN2)CC=C1. The third-order valence-corrected chi connectivity index (χ3v) is 2.69. The Labute approximate surface area is 76.5 Å². The highest BCUT2D eigenvalue weighted by Crippen LogP contribution is 2.26. The van der Waals surface area contributed by atoms with Crippen molar-refractivity contribution in [1.29, 1.82) is 0 Å². The molecule has 1 fully saturated rings. The topological polar surface area (TPSA) is 12.0 Å². The van der Waals surface area contributed by atoms with Gasteiger partial charge in [-0.3, -0.25) is 0 Å². The summed E-state index contributed by atoms with van der Waals surface area (Å²) in [5, 5.41) is 3.08. The maximum Gasteiger partial charge on any atom is 0.119 e. The molecule has 1 nitrogen and oxygen atoms in total. The molecule has 1 unspecified atom stereocenters. The minimum absolute atomic E-state index is 0.116. The van der Waals surface area contributed by atoms with Crippen molar-refractivity contribution < 1.29 is 8.78 Å². The largest absolute Gasteiger partial charge is 0.310 e. The van der Waals surface area contributed by atoms with E-state index < -0.39 is 6.17 Å². The van der Waals surface area contributed by atoms with Gasteiger partial charge in [-0.1, -0.05) is 6.08 Å². The summed E-state index contributed by atoms with van der Waals surface area (Å²) in [5.74, 6) is -0.0638. The molecule has 1 saturated heterocycles. The normalized spacial score (nSPS) is 39.2. The molecule has 1 N–H and O–H groups in total. The minimum Gasteiger partial charge on any atom is -0.310 e. The second-order valence-corrected chi connectivity index (χ2v) is 3.70. The quantitative estimate of drug-likeness (QED) is 0.659. The van der Waals surface area contributed by atoms with E-state index in [4.69, 9.17) is 0 Å². The first-order valence-corrected chi connectivity index (χ1v) is 4.67. The van der Waals surface area contributed by atoms with Gasteiger partial charge in [-0.15, -0.1) is 0 Å². The summed E-state index contributed by atoms with van der Waals surface area (Å²) in [4.78, 5) is 0. The van der Waals surface area contributed by atoms with Crippen LogP contribution in [0.2, 0.25) is 0 Å². The van der Waals surface area contributed by atoms with E-state index in [1.165, 1.54) is 6.08 Å². The monoisotopic (exact) mass is 185 g/mol. The molecule has 0 aromatic heterocycles. The molecule has 1 aliphatic heterocycles. The van der Waals surface area contributed by atoms with Crippen LogP contribution in [0.5, 0.6) is 0 Å². The van der Waals surface area contributed by atoms with Gasteiger partial charge in [0.1, 0.15) is 12.0 Å². The van der Waals surface area contributed by atoms with E-state index >= 15 is 0 Å². The third kappa shape index (κ3) is 1.97. The van der Waals surface area contributed by atoms with Gasteiger partial charge in [0.25, 0.3) is 0 Å². The Morgan fingerprint density at radius 2 is 2.31 bits per heavy atom. The van der Waals surface area contributed by atoms with Gasteiger partial charge in [0.2, 0.25) is 0 Å². The van der Waals surface area contributed by atoms with Crippen LogP contribution in [-0.2, 0) is 0 Å². The number of allylic oxidation sites excluding steroid dienone is 3. The summed E-state index contributed by atoms with van der Waals surface area (Å²) >= 11 is 0. The van der Waals surface area contributed by atoms with E-state index in [1.807, 2.05) is 6.08 Å². The van der Waals surface area contributed by atoms with E-state index in [9.17, 15) is 8.78 Å². The molecule has 0 aromatic rings. The number of hydrogen-bond donors (Lipinski definition) is 1. The van der Waals surface area contributed by atoms with Crippen molar-refractivity contribution in [2.75, 3.05) is 6.54 Å². The van der Waals surface area contributed by atoms with Gasteiger partial charge in [-0.05, 0) is 30.9 Å². The van der Waals surface area contributed by atoms with Crippen LogP contribution in [0.1, 0.15) is 12.8 Å². The fourth-order valence-electron chi connectivity index (χ4n) is 1.99. The Morgan fingerprint density at radius 1 is 1.46 bits per heavy atom. The fourth-order valence-corrected chi connectivity index (χ4v) is 1.99. The fraction of sp³-hybridized carbons (Fsp3) is 0.600. The highest BCUT2D eigenvalue weighted by Gasteiger charge is 2.29. The molecule has 0 amide bonds. The number of nitrogens with one attached hydrogen (secondary N) is 1. The number of halogens is 2. The zero-order valence-corrected chi connectivity index (χ0v) is 7.34. The molecule has 2 aliphatic rings. The Kier molecular flexibility index (Phi) is 2.44. The molecule has 13 heavy (non-hydrogen) atoms. The molecular weight excluding hydrogens is 172 g/mol. The van der Waals surface area contributed by atoms with E-state index in [0.717, 1.165) is 6.42 Å². The van der Waals surface area contributed by atoms with E-state index in [0.29, 0.717) is 13.0 Å². The first-order valence-electron chi connectivity index (χ1n) is 4.67. The average Bonchev–Trinajstić information content (AvgIpc) is 2.52. The first kappa shape index (κ1) is 8.88. The van der Waals surface area contributed by atoms with Crippen LogP contribution in [0, 0.1) is 5.92 Å². The smallest absolute Gasteiger partial charge is 0.119 e. The molecule has 3 atom stereocenters. The van der Waals surface area contributed by atoms with Crippen molar-refractivity contribution in [3.8, 4) is 0 Å². The van der Waals surface area contributed by atoms with Crippen LogP contribution < -0.4 is 5.32 Å². The van der Waals surface area contributed by atoms with Gasteiger partial charge < -0.3 is 5.32 Å². The molecule has 0 saturated carbocycles. The van der Waals surface area contributed by atoms with Crippen LogP contribution in [0.25, 0.3) is 0 Å². The summed E-state index contributed by atoms with van der Waals surface area (Å²) < 4.78 is 25.7. The van der Waals surface area contributed by atoms with Crippen LogP contribution in [-0.4, -0.2) is 18.8 Å². The highest BCUT2D eigenvalue weighted by molar-refractivity contribution is 5.19. The summed E-state index contributed by atoms with van der Waals surface area (Å²) in [6.45, 7) is 0.417. The maximum atomic E-state index is 12.8. The van der Waals surface area contributed by atoms with Crippen LogP contribution in [0.3, 0.4) is 0 Å². The van der Waals surface area contributed by atoms with E-state index in [-0.39, 0.29) is 17.8 Å². The second-order valence-electron chi connectivity index (χ2n) is 3.70. The molecule has 0 radical (unpaired) electrons. The van der Waals surface area contributed by atoms with Gasteiger partial charge in [-0.25, -0.2) is 8.78 Å². The maximum absolute atomic E-state index is 12.8. The van der Waals surface area contributed by atoms with Gasteiger partial charge in [-0.2, -0.15) is 0 Å². The zero-order chi connectivity index (χ0) is 9.26. The van der Waals surface area contributed by atoms with Crippen LogP contribution in [0.15, 0.2) is 24.1 Å². The van der Waals surface area contributed by atoms with Crippen molar-refractivity contribution in [1.82, 2.24) is 5.32 Å². The summed E-state index contributed by atoms with van der Waals surface area (Å²) in [6.07, 6.45) is 5.45. The third-order valence-electron chi connectivity index (χ3n) is 2.69. The molecule has 0 aromatic carbocycles. The highest BCUT2D eigenvalue weighted by atomic mass is 19.1. The predicted molar refractivity (Wildman–Crippen MR) is 47.7 cm³/mol. The standard InChI is InChI=1S/C10H13F2N/c11-8-3-1-2-7(4-8)10-5-9(12)6-13-10/h1,3-4,7,9-10,13H,2,5-6H2/t7?,9-,10+/m0/s1. The molecule has 0 spiro atoms. The van der Waals surface area contributed by atoms with E-state index in [1.54, 1.807) is 6.08 Å². The number of alkyl halides is 1. The van der Waals surface area contributed by atoms with Gasteiger partial charge in [0, 0.05) is 12.6 Å². The van der Waals surface area contributed by atoms with Gasteiger partial charge >= 0.3 is 0 Å². The van der Waals surface area contributed by atoms with Crippen LogP contribution in [0.4, 0.5) is 8.78 Å². The van der Waals surface area contributed by atoms with Gasteiger partial charge in [0.15, 0.2) is 0 Å². The van der Waals surface area contributed by atoms with E-state index in [2.05, 4.69) is 5.32 Å². The summed E-state index contributed by atoms with van der Waals surface area (Å²) in [5.41, 5.74) is 0. The van der Waals surface area contributed by atoms with Crippen molar-refractivity contribution in [2.45, 2.75) is 25.1 Å².